The lowest BCUT2D eigenvalue weighted by molar-refractivity contribution is 0.0190. The number of carbonyl (C=O) groups excluding carboxylic acids is 1. The van der Waals surface area contributed by atoms with Crippen LogP contribution in [0.5, 0.6) is 0 Å². The third-order valence-electron chi connectivity index (χ3n) is 2.79. The molecule has 0 spiro atoms. The van der Waals surface area contributed by atoms with Gasteiger partial charge in [0.1, 0.15) is 5.60 Å². The largest absolute Gasteiger partial charge is 0.444 e. The Hall–Kier alpha value is -0.840. The molecule has 1 aliphatic rings. The topological polar surface area (TPSA) is 55.6 Å². The Morgan fingerprint density at radius 3 is 2.50 bits per heavy atom. The van der Waals surface area contributed by atoms with Crippen LogP contribution in [0.2, 0.25) is 0 Å². The lowest BCUT2D eigenvalue weighted by Gasteiger charge is -2.35. The Morgan fingerprint density at radius 1 is 1.50 bits per heavy atom. The lowest BCUT2D eigenvalue weighted by Crippen LogP contribution is -2.54. The number of nitrogens with zero attached hydrogens (tertiary/aromatic N) is 1. The van der Waals surface area contributed by atoms with Crippen molar-refractivity contribution >= 4 is 23.3 Å². The molecule has 5 heteroatoms. The zero-order valence-electron chi connectivity index (χ0n) is 10.4. The lowest BCUT2D eigenvalue weighted by atomic mass is 9.99. The van der Waals surface area contributed by atoms with Gasteiger partial charge in [-0.2, -0.15) is 0 Å². The van der Waals surface area contributed by atoms with E-state index in [1.165, 1.54) is 0 Å². The van der Waals surface area contributed by atoms with Crippen molar-refractivity contribution in [3.8, 4) is 0 Å². The zero-order valence-corrected chi connectivity index (χ0v) is 11.2. The van der Waals surface area contributed by atoms with Gasteiger partial charge in [-0.1, -0.05) is 12.2 Å². The highest BCUT2D eigenvalue weighted by molar-refractivity contribution is 7.80. The second-order valence-electron chi connectivity index (χ2n) is 5.37. The molecule has 16 heavy (non-hydrogen) atoms. The standard InChI is InChI=1S/C11H20N2O2S/c1-10(2,3)15-9(14)13-7-5-6-11(13,4)8(12)16/h5-7H2,1-4H3,(H2,12,16)/t11-/m0/s1. The SMILES string of the molecule is CC(C)(C)OC(=O)N1CCC[C@@]1(C)C(N)=S. The first kappa shape index (κ1) is 13.2. The van der Waals surface area contributed by atoms with Gasteiger partial charge in [0.25, 0.3) is 0 Å². The van der Waals surface area contributed by atoms with E-state index >= 15 is 0 Å². The average Bonchev–Trinajstić information content (AvgIpc) is 2.45. The van der Waals surface area contributed by atoms with E-state index < -0.39 is 11.1 Å². The second kappa shape index (κ2) is 4.20. The molecule has 0 aromatic carbocycles. The zero-order chi connectivity index (χ0) is 12.6. The fourth-order valence-corrected chi connectivity index (χ4v) is 2.04. The van der Waals surface area contributed by atoms with Crippen LogP contribution in [0.25, 0.3) is 0 Å². The third-order valence-corrected chi connectivity index (χ3v) is 3.23. The van der Waals surface area contributed by atoms with Crippen LogP contribution in [0.3, 0.4) is 0 Å². The van der Waals surface area contributed by atoms with E-state index in [1.54, 1.807) is 4.90 Å². The Kier molecular flexibility index (Phi) is 3.47. The number of rotatable bonds is 1. The minimum absolute atomic E-state index is 0.333. The minimum Gasteiger partial charge on any atom is -0.444 e. The number of likely N-dealkylation sites (tertiary alicyclic amines) is 1. The molecule has 0 aliphatic carbocycles. The number of hydrogen-bond acceptors (Lipinski definition) is 3. The summed E-state index contributed by atoms with van der Waals surface area (Å²) < 4.78 is 5.34. The van der Waals surface area contributed by atoms with Gasteiger partial charge in [-0.05, 0) is 40.5 Å². The van der Waals surface area contributed by atoms with Gasteiger partial charge in [-0.25, -0.2) is 4.79 Å². The molecule has 1 atom stereocenters. The molecule has 1 amide bonds. The van der Waals surface area contributed by atoms with Crippen molar-refractivity contribution in [1.29, 1.82) is 0 Å². The van der Waals surface area contributed by atoms with Crippen molar-refractivity contribution < 1.29 is 9.53 Å². The predicted octanol–water partition coefficient (Wildman–Crippen LogP) is 2.06. The summed E-state index contributed by atoms with van der Waals surface area (Å²) in [4.78, 5) is 14.0. The molecule has 1 aliphatic heterocycles. The first-order valence-corrected chi connectivity index (χ1v) is 5.88. The van der Waals surface area contributed by atoms with E-state index in [2.05, 4.69) is 0 Å². The molecule has 1 rings (SSSR count). The van der Waals surface area contributed by atoms with Gasteiger partial charge in [-0.3, -0.25) is 4.90 Å². The van der Waals surface area contributed by atoms with Crippen LogP contribution in [-0.4, -0.2) is 33.7 Å². The molecule has 0 bridgehead atoms. The molecule has 0 unspecified atom stereocenters. The maximum Gasteiger partial charge on any atom is 0.411 e. The van der Waals surface area contributed by atoms with Gasteiger partial charge in [-0.15, -0.1) is 0 Å². The molecule has 1 saturated heterocycles. The molecule has 0 aromatic rings. The molecule has 0 aromatic heterocycles. The minimum atomic E-state index is -0.530. The Bertz CT molecular complexity index is 312. The second-order valence-corrected chi connectivity index (χ2v) is 5.81. The van der Waals surface area contributed by atoms with Crippen LogP contribution in [-0.2, 0) is 4.74 Å². The van der Waals surface area contributed by atoms with E-state index in [0.717, 1.165) is 12.8 Å². The third kappa shape index (κ3) is 2.64. The van der Waals surface area contributed by atoms with Gasteiger partial charge in [0.2, 0.25) is 0 Å². The Balaban J connectivity index is 2.80. The molecule has 1 heterocycles. The van der Waals surface area contributed by atoms with Crippen LogP contribution in [0.15, 0.2) is 0 Å². The molecular weight excluding hydrogens is 224 g/mol. The highest BCUT2D eigenvalue weighted by atomic mass is 32.1. The molecule has 0 saturated carbocycles. The molecule has 4 nitrogen and oxygen atoms in total. The van der Waals surface area contributed by atoms with Crippen molar-refractivity contribution in [2.45, 2.75) is 51.7 Å². The van der Waals surface area contributed by atoms with E-state index in [1.807, 2.05) is 27.7 Å². The summed E-state index contributed by atoms with van der Waals surface area (Å²) in [6, 6.07) is 0. The van der Waals surface area contributed by atoms with Crippen LogP contribution >= 0.6 is 12.2 Å². The molecule has 92 valence electrons. The van der Waals surface area contributed by atoms with E-state index in [0.29, 0.717) is 11.5 Å². The smallest absolute Gasteiger partial charge is 0.411 e. The number of ether oxygens (including phenoxy) is 1. The maximum absolute atomic E-state index is 12.0. The first-order valence-electron chi connectivity index (χ1n) is 5.47. The van der Waals surface area contributed by atoms with Crippen LogP contribution in [0.1, 0.15) is 40.5 Å². The summed E-state index contributed by atoms with van der Waals surface area (Å²) in [6.45, 7) is 8.09. The van der Waals surface area contributed by atoms with Gasteiger partial charge in [0, 0.05) is 6.54 Å². The van der Waals surface area contributed by atoms with Gasteiger partial charge in [0.05, 0.1) is 10.5 Å². The summed E-state index contributed by atoms with van der Waals surface area (Å²) in [6.07, 6.45) is 1.38. The van der Waals surface area contributed by atoms with E-state index in [4.69, 9.17) is 22.7 Å². The van der Waals surface area contributed by atoms with Crippen molar-refractivity contribution in [2.75, 3.05) is 6.54 Å². The van der Waals surface area contributed by atoms with Crippen molar-refractivity contribution in [1.82, 2.24) is 4.90 Å². The molecule has 2 N–H and O–H groups in total. The van der Waals surface area contributed by atoms with Gasteiger partial charge >= 0.3 is 6.09 Å². The summed E-state index contributed by atoms with van der Waals surface area (Å²) in [5.74, 6) is 0. The fraction of sp³-hybridized carbons (Fsp3) is 0.818. The van der Waals surface area contributed by atoms with Crippen LogP contribution in [0, 0.1) is 0 Å². The number of carbonyl (C=O) groups is 1. The highest BCUT2D eigenvalue weighted by Gasteiger charge is 2.43. The van der Waals surface area contributed by atoms with Gasteiger partial charge in [0.15, 0.2) is 0 Å². The number of thiocarbonyl (C=S) groups is 1. The monoisotopic (exact) mass is 244 g/mol. The summed E-state index contributed by atoms with van der Waals surface area (Å²) in [5.41, 5.74) is 4.69. The summed E-state index contributed by atoms with van der Waals surface area (Å²) in [5, 5.41) is 0. The van der Waals surface area contributed by atoms with E-state index in [9.17, 15) is 4.79 Å². The van der Waals surface area contributed by atoms with Crippen molar-refractivity contribution in [3.05, 3.63) is 0 Å². The van der Waals surface area contributed by atoms with Gasteiger partial charge < -0.3 is 10.5 Å². The maximum atomic E-state index is 12.0. The average molecular weight is 244 g/mol. The molecule has 1 fully saturated rings. The summed E-state index contributed by atoms with van der Waals surface area (Å²) >= 11 is 5.03. The van der Waals surface area contributed by atoms with Crippen molar-refractivity contribution in [2.24, 2.45) is 5.73 Å². The Labute approximate surface area is 102 Å². The number of amides is 1. The quantitative estimate of drug-likeness (QED) is 0.717. The normalized spacial score (nSPS) is 25.6. The highest BCUT2D eigenvalue weighted by Crippen LogP contribution is 2.30. The molecular formula is C11H20N2O2S. The summed E-state index contributed by atoms with van der Waals surface area (Å²) in [7, 11) is 0. The fourth-order valence-electron chi connectivity index (χ4n) is 1.83. The Morgan fingerprint density at radius 2 is 2.06 bits per heavy atom. The first-order chi connectivity index (χ1) is 7.17. The van der Waals surface area contributed by atoms with Crippen LogP contribution < -0.4 is 5.73 Å². The van der Waals surface area contributed by atoms with Crippen molar-refractivity contribution in [3.63, 3.8) is 0 Å². The molecule has 0 radical (unpaired) electrons. The number of hydrogen-bond donors (Lipinski definition) is 1. The van der Waals surface area contributed by atoms with Crippen LogP contribution in [0.4, 0.5) is 4.79 Å². The van der Waals surface area contributed by atoms with E-state index in [-0.39, 0.29) is 6.09 Å². The number of nitrogens with two attached hydrogens (primary N) is 1. The predicted molar refractivity (Wildman–Crippen MR) is 67.4 cm³/mol.